The van der Waals surface area contributed by atoms with Crippen LogP contribution < -0.4 is 10.1 Å². The van der Waals surface area contributed by atoms with E-state index in [4.69, 9.17) is 4.74 Å². The molecule has 1 saturated heterocycles. The number of benzene rings is 3. The Morgan fingerprint density at radius 1 is 1.03 bits per heavy atom. The number of anilines is 1. The van der Waals surface area contributed by atoms with Crippen molar-refractivity contribution in [2.75, 3.05) is 11.9 Å². The minimum atomic E-state index is -0.620. The Hall–Kier alpha value is -3.50. The molecule has 1 aliphatic rings. The van der Waals surface area contributed by atoms with Crippen LogP contribution in [0.25, 0.3) is 6.08 Å². The maximum absolute atomic E-state index is 13.4. The quantitative estimate of drug-likeness (QED) is 0.361. The lowest BCUT2D eigenvalue weighted by atomic mass is 10.1. The molecule has 4 rings (SSSR count). The highest BCUT2D eigenvalue weighted by molar-refractivity contribution is 9.10. The number of hydrogen-bond donors (Lipinski definition) is 1. The number of thioether (sulfide) groups is 1. The molecule has 0 unspecified atom stereocenters. The first-order valence-electron chi connectivity index (χ1n) is 10.3. The highest BCUT2D eigenvalue weighted by Crippen LogP contribution is 2.35. The molecule has 3 aromatic rings. The van der Waals surface area contributed by atoms with Crippen molar-refractivity contribution in [2.24, 2.45) is 0 Å². The fourth-order valence-corrected chi connectivity index (χ4v) is 4.41. The van der Waals surface area contributed by atoms with Crippen molar-refractivity contribution in [3.63, 3.8) is 0 Å². The van der Waals surface area contributed by atoms with Crippen molar-refractivity contribution in [3.05, 3.63) is 98.9 Å². The summed E-state index contributed by atoms with van der Waals surface area (Å²) in [6.45, 7) is -0.383. The zero-order valence-corrected chi connectivity index (χ0v) is 20.4. The molecule has 1 fully saturated rings. The molecule has 0 aliphatic carbocycles. The van der Waals surface area contributed by atoms with Crippen molar-refractivity contribution >= 4 is 56.5 Å². The van der Waals surface area contributed by atoms with Crippen LogP contribution in [0.5, 0.6) is 5.75 Å². The van der Waals surface area contributed by atoms with E-state index in [1.165, 1.54) is 42.5 Å². The number of carbonyl (C=O) groups excluding carboxylic acids is 3. The zero-order valence-electron chi connectivity index (χ0n) is 18.0. The van der Waals surface area contributed by atoms with E-state index >= 15 is 0 Å². The summed E-state index contributed by atoms with van der Waals surface area (Å²) in [7, 11) is 0. The summed E-state index contributed by atoms with van der Waals surface area (Å²) < 4.78 is 33.0. The zero-order chi connectivity index (χ0) is 24.9. The van der Waals surface area contributed by atoms with Crippen LogP contribution in [0.4, 0.5) is 19.3 Å². The number of halogens is 3. The second-order valence-corrected chi connectivity index (χ2v) is 9.33. The van der Waals surface area contributed by atoms with Crippen LogP contribution in [-0.4, -0.2) is 28.5 Å². The molecule has 1 heterocycles. The van der Waals surface area contributed by atoms with Gasteiger partial charge in [-0.3, -0.25) is 19.3 Å². The fraction of sp³-hybridized carbons (Fsp3) is 0.0800. The van der Waals surface area contributed by atoms with Gasteiger partial charge in [-0.25, -0.2) is 8.78 Å². The van der Waals surface area contributed by atoms with E-state index in [0.717, 1.165) is 9.37 Å². The summed E-state index contributed by atoms with van der Waals surface area (Å²) in [5.74, 6) is -1.62. The Bertz CT molecular complexity index is 1330. The average molecular weight is 559 g/mol. The van der Waals surface area contributed by atoms with Gasteiger partial charge in [-0.2, -0.15) is 0 Å². The Morgan fingerprint density at radius 2 is 1.80 bits per heavy atom. The van der Waals surface area contributed by atoms with Gasteiger partial charge in [-0.15, -0.1) is 0 Å². The second kappa shape index (κ2) is 10.8. The van der Waals surface area contributed by atoms with Gasteiger partial charge in [0.2, 0.25) is 5.91 Å². The van der Waals surface area contributed by atoms with Crippen LogP contribution in [-0.2, 0) is 16.2 Å². The number of amides is 3. The SMILES string of the molecule is O=C(CN1C(=O)S/C(=C\c2cc(Br)ccc2OCc2cccc(F)c2)C1=O)Nc1ccc(F)cc1. The van der Waals surface area contributed by atoms with Gasteiger partial charge in [0.05, 0.1) is 4.91 Å². The Morgan fingerprint density at radius 3 is 2.54 bits per heavy atom. The molecule has 0 aromatic heterocycles. The summed E-state index contributed by atoms with van der Waals surface area (Å²) in [6, 6.07) is 16.3. The van der Waals surface area contributed by atoms with Crippen molar-refractivity contribution in [2.45, 2.75) is 6.61 Å². The number of carbonyl (C=O) groups is 3. The molecule has 0 radical (unpaired) electrons. The van der Waals surface area contributed by atoms with Crippen LogP contribution in [0.15, 0.2) is 76.1 Å². The van der Waals surface area contributed by atoms with Gasteiger partial charge in [-0.1, -0.05) is 28.1 Å². The van der Waals surface area contributed by atoms with Crippen molar-refractivity contribution in [1.29, 1.82) is 0 Å². The molecule has 0 bridgehead atoms. The number of imide groups is 1. The van der Waals surface area contributed by atoms with Crippen LogP contribution in [0.2, 0.25) is 0 Å². The smallest absolute Gasteiger partial charge is 0.294 e. The van der Waals surface area contributed by atoms with E-state index in [-0.39, 0.29) is 17.3 Å². The molecule has 10 heteroatoms. The molecule has 3 aromatic carbocycles. The van der Waals surface area contributed by atoms with Gasteiger partial charge in [0, 0.05) is 15.7 Å². The first kappa shape index (κ1) is 24.6. The monoisotopic (exact) mass is 558 g/mol. The lowest BCUT2D eigenvalue weighted by Gasteiger charge is -2.12. The van der Waals surface area contributed by atoms with Gasteiger partial charge in [-0.05, 0) is 78.0 Å². The maximum Gasteiger partial charge on any atom is 0.294 e. The van der Waals surface area contributed by atoms with Gasteiger partial charge in [0.25, 0.3) is 11.1 Å². The van der Waals surface area contributed by atoms with Crippen LogP contribution in [0.3, 0.4) is 0 Å². The molecule has 35 heavy (non-hydrogen) atoms. The largest absolute Gasteiger partial charge is 0.488 e. The van der Waals surface area contributed by atoms with E-state index in [2.05, 4.69) is 21.2 Å². The molecule has 0 atom stereocenters. The van der Waals surface area contributed by atoms with E-state index in [1.54, 1.807) is 30.3 Å². The fourth-order valence-electron chi connectivity index (χ4n) is 3.21. The highest BCUT2D eigenvalue weighted by Gasteiger charge is 2.36. The van der Waals surface area contributed by atoms with E-state index in [0.29, 0.717) is 34.3 Å². The lowest BCUT2D eigenvalue weighted by molar-refractivity contribution is -0.127. The molecule has 1 N–H and O–H groups in total. The molecule has 3 amide bonds. The number of nitrogens with one attached hydrogen (secondary N) is 1. The molecule has 178 valence electrons. The highest BCUT2D eigenvalue weighted by atomic mass is 79.9. The van der Waals surface area contributed by atoms with Gasteiger partial charge in [0.1, 0.15) is 30.5 Å². The summed E-state index contributed by atoms with van der Waals surface area (Å²) in [5.41, 5.74) is 1.50. The summed E-state index contributed by atoms with van der Waals surface area (Å²) in [6.07, 6.45) is 1.51. The standard InChI is InChI=1S/C25H17BrF2N2O4S/c26-17-4-9-21(34-14-15-2-1-3-19(28)10-15)16(11-17)12-22-24(32)30(25(33)35-22)13-23(31)29-20-7-5-18(27)6-8-20/h1-12H,13-14H2,(H,29,31)/b22-12-. The van der Waals surface area contributed by atoms with Gasteiger partial charge in [0.15, 0.2) is 0 Å². The summed E-state index contributed by atoms with van der Waals surface area (Å²) in [4.78, 5) is 38.6. The van der Waals surface area contributed by atoms with Crippen molar-refractivity contribution in [1.82, 2.24) is 4.90 Å². The minimum Gasteiger partial charge on any atom is -0.488 e. The first-order chi connectivity index (χ1) is 16.8. The number of ether oxygens (including phenoxy) is 1. The predicted octanol–water partition coefficient (Wildman–Crippen LogP) is 5.98. The summed E-state index contributed by atoms with van der Waals surface area (Å²) in [5, 5.41) is 1.93. The lowest BCUT2D eigenvalue weighted by Crippen LogP contribution is -2.36. The number of nitrogens with zero attached hydrogens (tertiary/aromatic N) is 1. The topological polar surface area (TPSA) is 75.7 Å². The molecular weight excluding hydrogens is 542 g/mol. The third-order valence-electron chi connectivity index (χ3n) is 4.85. The molecule has 0 spiro atoms. The van der Waals surface area contributed by atoms with Crippen molar-refractivity contribution < 1.29 is 27.9 Å². The van der Waals surface area contributed by atoms with Gasteiger partial charge >= 0.3 is 0 Å². The van der Waals surface area contributed by atoms with Crippen LogP contribution in [0, 0.1) is 11.6 Å². The average Bonchev–Trinajstić information content (AvgIpc) is 3.07. The number of hydrogen-bond acceptors (Lipinski definition) is 5. The first-order valence-corrected chi connectivity index (χ1v) is 11.9. The number of rotatable bonds is 7. The molecule has 1 aliphatic heterocycles. The molecule has 6 nitrogen and oxygen atoms in total. The Balaban J connectivity index is 1.48. The second-order valence-electron chi connectivity index (χ2n) is 7.42. The van der Waals surface area contributed by atoms with E-state index < -0.39 is 29.4 Å². The van der Waals surface area contributed by atoms with E-state index in [9.17, 15) is 23.2 Å². The predicted molar refractivity (Wildman–Crippen MR) is 133 cm³/mol. The Kier molecular flexibility index (Phi) is 7.62. The van der Waals surface area contributed by atoms with E-state index in [1.807, 2.05) is 0 Å². The van der Waals surface area contributed by atoms with Crippen LogP contribution in [0.1, 0.15) is 11.1 Å². The van der Waals surface area contributed by atoms with Gasteiger partial charge < -0.3 is 10.1 Å². The summed E-state index contributed by atoms with van der Waals surface area (Å²) >= 11 is 4.09. The minimum absolute atomic E-state index is 0.102. The van der Waals surface area contributed by atoms with Crippen molar-refractivity contribution in [3.8, 4) is 5.75 Å². The third kappa shape index (κ3) is 6.34. The Labute approximate surface area is 212 Å². The molecular formula is C25H17BrF2N2O4S. The maximum atomic E-state index is 13.4. The normalized spacial score (nSPS) is 14.5. The third-order valence-corrected chi connectivity index (χ3v) is 6.25. The van der Waals surface area contributed by atoms with Crippen LogP contribution >= 0.6 is 27.7 Å². The molecule has 0 saturated carbocycles.